The van der Waals surface area contributed by atoms with Crippen LogP contribution in [0.25, 0.3) is 0 Å². The molecule has 0 aromatic heterocycles. The smallest absolute Gasteiger partial charge is 0.416 e. The number of benzene rings is 2. The number of halogens is 9. The number of rotatable bonds is 6. The summed E-state index contributed by atoms with van der Waals surface area (Å²) in [5, 5.41) is 0. The fourth-order valence-electron chi connectivity index (χ4n) is 4.94. The number of alkyl halides is 9. The van der Waals surface area contributed by atoms with Gasteiger partial charge in [0.1, 0.15) is 0 Å². The number of nitrogens with zero attached hydrogens (tertiary/aromatic N) is 2. The van der Waals surface area contributed by atoms with Gasteiger partial charge < -0.3 is 9.47 Å². The first-order valence-electron chi connectivity index (χ1n) is 13.1. The molecule has 0 saturated heterocycles. The van der Waals surface area contributed by atoms with Crippen molar-refractivity contribution >= 4 is 17.9 Å². The number of fused-ring (bicyclic) bond motifs is 1. The van der Waals surface area contributed by atoms with Crippen LogP contribution >= 0.6 is 0 Å². The van der Waals surface area contributed by atoms with Crippen LogP contribution in [0, 0.1) is 5.92 Å². The molecule has 2 aromatic carbocycles. The molecule has 1 aliphatic heterocycles. The summed E-state index contributed by atoms with van der Waals surface area (Å²) in [5.74, 6) is -0.378. The topological polar surface area (TPSA) is 59.1 Å². The fraction of sp³-hybridized carbons (Fsp3) is 0.500. The summed E-state index contributed by atoms with van der Waals surface area (Å²) in [6.07, 6.45) is -17.1. The van der Waals surface area contributed by atoms with Crippen LogP contribution in [0.15, 0.2) is 36.4 Å². The van der Waals surface area contributed by atoms with E-state index in [0.29, 0.717) is 24.6 Å². The van der Waals surface area contributed by atoms with Crippen LogP contribution in [0.3, 0.4) is 0 Å². The molecule has 1 heterocycles. The van der Waals surface area contributed by atoms with Gasteiger partial charge in [0.15, 0.2) is 0 Å². The van der Waals surface area contributed by atoms with Crippen LogP contribution in [0.4, 0.5) is 54.8 Å². The minimum absolute atomic E-state index is 0.00488. The van der Waals surface area contributed by atoms with Crippen molar-refractivity contribution in [2.45, 2.75) is 70.8 Å². The number of amides is 2. The normalized spacial score (nSPS) is 17.5. The second kappa shape index (κ2) is 12.5. The zero-order chi connectivity index (χ0) is 32.5. The van der Waals surface area contributed by atoms with E-state index in [9.17, 15) is 49.1 Å². The molecule has 15 heteroatoms. The number of ether oxygens (including phenoxy) is 2. The van der Waals surface area contributed by atoms with E-state index < -0.39 is 71.6 Å². The molecule has 0 aliphatic carbocycles. The first-order valence-corrected chi connectivity index (χ1v) is 13.1. The average Bonchev–Trinajstić information content (AvgIpc) is 2.91. The molecule has 2 unspecified atom stereocenters. The average molecular weight is 629 g/mol. The van der Waals surface area contributed by atoms with E-state index in [1.54, 1.807) is 20.8 Å². The summed E-state index contributed by atoms with van der Waals surface area (Å²) in [6, 6.07) is 1.07. The Bertz CT molecular complexity index is 1290. The van der Waals surface area contributed by atoms with E-state index in [0.717, 1.165) is 29.0 Å². The van der Waals surface area contributed by atoms with E-state index in [4.69, 9.17) is 9.47 Å². The Hall–Kier alpha value is -3.65. The van der Waals surface area contributed by atoms with E-state index in [1.807, 2.05) is 0 Å². The van der Waals surface area contributed by atoms with Gasteiger partial charge >= 0.3 is 30.7 Å². The highest BCUT2D eigenvalue weighted by molar-refractivity contribution is 5.90. The van der Waals surface area contributed by atoms with Crippen molar-refractivity contribution in [3.05, 3.63) is 64.2 Å². The highest BCUT2D eigenvalue weighted by atomic mass is 19.4. The molecule has 0 saturated carbocycles. The number of carbonyl (C=O) groups is 2. The van der Waals surface area contributed by atoms with Crippen LogP contribution in [0.1, 0.15) is 67.5 Å². The van der Waals surface area contributed by atoms with Crippen molar-refractivity contribution in [3.8, 4) is 0 Å². The number of carbonyl (C=O) groups excluding carboxylic acids is 2. The maximum atomic E-state index is 13.8. The van der Waals surface area contributed by atoms with Gasteiger partial charge in [-0.05, 0) is 66.3 Å². The first-order chi connectivity index (χ1) is 19.8. The molecule has 2 amide bonds. The second-order valence-corrected chi connectivity index (χ2v) is 10.3. The minimum Gasteiger partial charge on any atom is -0.453 e. The maximum absolute atomic E-state index is 13.8. The van der Waals surface area contributed by atoms with Gasteiger partial charge in [-0.2, -0.15) is 39.5 Å². The third kappa shape index (κ3) is 7.66. The summed E-state index contributed by atoms with van der Waals surface area (Å²) >= 11 is 0. The second-order valence-electron chi connectivity index (χ2n) is 10.3. The lowest BCUT2D eigenvalue weighted by Crippen LogP contribution is -2.51. The summed E-state index contributed by atoms with van der Waals surface area (Å²) < 4.78 is 133. The van der Waals surface area contributed by atoms with Crippen molar-refractivity contribution in [2.75, 3.05) is 18.6 Å². The van der Waals surface area contributed by atoms with Gasteiger partial charge in [0.05, 0.1) is 42.1 Å². The van der Waals surface area contributed by atoms with Crippen LogP contribution in [-0.2, 0) is 34.5 Å². The number of hydrogen-bond donors (Lipinski definition) is 0. The molecule has 1 aliphatic rings. The Morgan fingerprint density at radius 2 is 1.47 bits per heavy atom. The fourth-order valence-corrected chi connectivity index (χ4v) is 4.94. The highest BCUT2D eigenvalue weighted by Gasteiger charge is 2.44. The quantitative estimate of drug-likeness (QED) is 0.300. The van der Waals surface area contributed by atoms with Gasteiger partial charge in [-0.1, -0.05) is 20.8 Å². The van der Waals surface area contributed by atoms with Crippen molar-refractivity contribution in [2.24, 2.45) is 5.92 Å². The van der Waals surface area contributed by atoms with Crippen molar-refractivity contribution < 1.29 is 58.6 Å². The van der Waals surface area contributed by atoms with Gasteiger partial charge in [-0.25, -0.2) is 9.59 Å². The molecule has 0 spiro atoms. The van der Waals surface area contributed by atoms with Crippen LogP contribution in [0.5, 0.6) is 0 Å². The lowest BCUT2D eigenvalue weighted by atomic mass is 9.84. The monoisotopic (exact) mass is 628 g/mol. The van der Waals surface area contributed by atoms with Crippen LogP contribution < -0.4 is 4.90 Å². The summed E-state index contributed by atoms with van der Waals surface area (Å²) in [5.41, 5.74) is -5.27. The molecule has 0 N–H and O–H groups in total. The van der Waals surface area contributed by atoms with Crippen molar-refractivity contribution in [1.82, 2.24) is 4.90 Å². The summed E-state index contributed by atoms with van der Waals surface area (Å²) in [7, 11) is 0.910. The van der Waals surface area contributed by atoms with Gasteiger partial charge in [0, 0.05) is 12.6 Å². The zero-order valence-corrected chi connectivity index (χ0v) is 23.5. The Balaban J connectivity index is 2.25. The minimum atomic E-state index is -5.17. The maximum Gasteiger partial charge on any atom is 0.416 e. The predicted molar refractivity (Wildman–Crippen MR) is 136 cm³/mol. The highest BCUT2D eigenvalue weighted by Crippen LogP contribution is 2.46. The number of anilines is 1. The molecule has 0 bridgehead atoms. The van der Waals surface area contributed by atoms with E-state index in [2.05, 4.69) is 0 Å². The van der Waals surface area contributed by atoms with E-state index in [1.165, 1.54) is 0 Å². The van der Waals surface area contributed by atoms with Crippen molar-refractivity contribution in [3.63, 3.8) is 0 Å². The van der Waals surface area contributed by atoms with Crippen LogP contribution in [0.2, 0.25) is 0 Å². The lowest BCUT2D eigenvalue weighted by molar-refractivity contribution is -0.143. The van der Waals surface area contributed by atoms with Gasteiger partial charge in [-0.15, -0.1) is 0 Å². The summed E-state index contributed by atoms with van der Waals surface area (Å²) in [6.45, 7) is 4.24. The molecule has 2 atom stereocenters. The lowest BCUT2D eigenvalue weighted by Gasteiger charge is -2.45. The zero-order valence-electron chi connectivity index (χ0n) is 23.5. The number of hydrogen-bond acceptors (Lipinski definition) is 4. The van der Waals surface area contributed by atoms with Crippen molar-refractivity contribution in [1.29, 1.82) is 0 Å². The molecular weight excluding hydrogens is 599 g/mol. The molecule has 43 heavy (non-hydrogen) atoms. The molecule has 2 aromatic rings. The predicted octanol–water partition coefficient (Wildman–Crippen LogP) is 8.83. The molecular formula is C28H29F9N2O4. The van der Waals surface area contributed by atoms with Crippen LogP contribution in [-0.4, -0.2) is 36.8 Å². The Morgan fingerprint density at radius 1 is 0.907 bits per heavy atom. The van der Waals surface area contributed by atoms with E-state index >= 15 is 0 Å². The SMILES string of the molecule is CCCOC(=O)N1c2ccc(C(F)(F)F)cc2C(N(Cc2cc(C(F)(F)F)cc(C(F)(F)F)c2)C(=O)OC)CC1C(C)C. The Morgan fingerprint density at radius 3 is 1.93 bits per heavy atom. The first kappa shape index (κ1) is 33.8. The van der Waals surface area contributed by atoms with Gasteiger partial charge in [0.25, 0.3) is 0 Å². The third-order valence-corrected chi connectivity index (χ3v) is 6.95. The molecule has 6 nitrogen and oxygen atoms in total. The summed E-state index contributed by atoms with van der Waals surface area (Å²) in [4.78, 5) is 28.1. The van der Waals surface area contributed by atoms with E-state index in [-0.39, 0.29) is 36.3 Å². The molecule has 3 rings (SSSR count). The molecule has 0 fully saturated rings. The number of methoxy groups -OCH3 is 1. The Labute approximate surface area is 241 Å². The molecule has 0 radical (unpaired) electrons. The molecule has 238 valence electrons. The Kier molecular flexibility index (Phi) is 9.86. The standard InChI is InChI=1S/C28H29F9N2O4/c1-5-8-43-25(41)39-21-7-6-17(26(29,30)31)12-20(21)23(13-22(39)15(2)3)38(24(40)42-4)14-16-9-18(27(32,33)34)11-19(10-16)28(35,36)37/h6-7,9-12,15,22-23H,5,8,13-14H2,1-4H3. The van der Waals surface area contributed by atoms with Gasteiger partial charge in [-0.3, -0.25) is 9.80 Å². The third-order valence-electron chi connectivity index (χ3n) is 6.95. The largest absolute Gasteiger partial charge is 0.453 e. The van der Waals surface area contributed by atoms with Gasteiger partial charge in [0.2, 0.25) is 0 Å².